The maximum Gasteiger partial charge on any atom is 0.232 e. The summed E-state index contributed by atoms with van der Waals surface area (Å²) in [5, 5.41) is 0. The van der Waals surface area contributed by atoms with E-state index < -0.39 is 9.05 Å². The summed E-state index contributed by atoms with van der Waals surface area (Å²) in [4.78, 5) is 0. The van der Waals surface area contributed by atoms with Crippen molar-refractivity contribution in [3.8, 4) is 0 Å². The van der Waals surface area contributed by atoms with Gasteiger partial charge in [0.2, 0.25) is 9.05 Å². The Kier molecular flexibility index (Phi) is 4.11. The average molecular weight is 251 g/mol. The quantitative estimate of drug-likeness (QED) is 0.770. The lowest BCUT2D eigenvalue weighted by Gasteiger charge is -2.08. The molecule has 0 aliphatic heterocycles. The van der Waals surface area contributed by atoms with Gasteiger partial charge in [-0.05, 0) is 30.0 Å². The molecule has 1 atom stereocenters. The summed E-state index contributed by atoms with van der Waals surface area (Å²) in [5.41, 5.74) is 0.780. The lowest BCUT2D eigenvalue weighted by atomic mass is 10.0. The lowest BCUT2D eigenvalue weighted by Crippen LogP contribution is -2.11. The summed E-state index contributed by atoms with van der Waals surface area (Å²) in [6, 6.07) is 6.12. The highest BCUT2D eigenvalue weighted by Gasteiger charge is 2.13. The van der Waals surface area contributed by atoms with Gasteiger partial charge in [-0.2, -0.15) is 0 Å². The van der Waals surface area contributed by atoms with Gasteiger partial charge in [0, 0.05) is 10.7 Å². The molecule has 1 aromatic carbocycles. The van der Waals surface area contributed by atoms with Crippen LogP contribution in [0.25, 0.3) is 0 Å². The Morgan fingerprint density at radius 3 is 2.67 bits per heavy atom. The Morgan fingerprint density at radius 1 is 1.47 bits per heavy atom. The predicted molar refractivity (Wildman–Crippen MR) is 58.9 cm³/mol. The molecule has 84 valence electrons. The first-order valence-electron chi connectivity index (χ1n) is 4.53. The van der Waals surface area contributed by atoms with Crippen LogP contribution in [0.1, 0.15) is 12.5 Å². The molecule has 0 aliphatic rings. The summed E-state index contributed by atoms with van der Waals surface area (Å²) in [6.45, 7) is 1.77. The zero-order valence-corrected chi connectivity index (χ0v) is 9.85. The van der Waals surface area contributed by atoms with Crippen molar-refractivity contribution >= 4 is 19.7 Å². The summed E-state index contributed by atoms with van der Waals surface area (Å²) < 4.78 is 34.4. The van der Waals surface area contributed by atoms with Crippen molar-refractivity contribution in [2.45, 2.75) is 13.3 Å². The third kappa shape index (κ3) is 5.14. The van der Waals surface area contributed by atoms with Gasteiger partial charge in [0.1, 0.15) is 5.82 Å². The van der Waals surface area contributed by atoms with Crippen molar-refractivity contribution in [2.24, 2.45) is 5.92 Å². The number of hydrogen-bond acceptors (Lipinski definition) is 2. The van der Waals surface area contributed by atoms with Crippen LogP contribution in [0.3, 0.4) is 0 Å². The Hall–Kier alpha value is -0.610. The summed E-state index contributed by atoms with van der Waals surface area (Å²) in [5.74, 6) is -0.520. The van der Waals surface area contributed by atoms with Crippen molar-refractivity contribution in [1.29, 1.82) is 0 Å². The molecule has 0 N–H and O–H groups in total. The summed E-state index contributed by atoms with van der Waals surface area (Å²) in [6.07, 6.45) is 0.504. The smallest absolute Gasteiger partial charge is 0.212 e. The van der Waals surface area contributed by atoms with E-state index in [0.29, 0.717) is 6.42 Å². The molecule has 0 spiro atoms. The first kappa shape index (κ1) is 12.5. The van der Waals surface area contributed by atoms with Crippen LogP contribution in [0.4, 0.5) is 4.39 Å². The van der Waals surface area contributed by atoms with E-state index in [4.69, 9.17) is 10.7 Å². The van der Waals surface area contributed by atoms with E-state index in [0.717, 1.165) is 5.56 Å². The maximum atomic E-state index is 12.8. The SMILES string of the molecule is CC(Cc1cccc(F)c1)CS(=O)(=O)Cl. The van der Waals surface area contributed by atoms with Gasteiger partial charge in [-0.3, -0.25) is 0 Å². The van der Waals surface area contributed by atoms with Crippen LogP contribution in [0, 0.1) is 11.7 Å². The number of halogens is 2. The van der Waals surface area contributed by atoms with Crippen LogP contribution in [-0.4, -0.2) is 14.2 Å². The van der Waals surface area contributed by atoms with E-state index in [-0.39, 0.29) is 17.5 Å². The molecule has 0 radical (unpaired) electrons. The van der Waals surface area contributed by atoms with Crippen LogP contribution >= 0.6 is 10.7 Å². The molecule has 0 saturated carbocycles. The molecule has 1 unspecified atom stereocenters. The first-order chi connectivity index (χ1) is 6.87. The minimum absolute atomic E-state index is 0.0922. The van der Waals surface area contributed by atoms with Gasteiger partial charge in [0.05, 0.1) is 5.75 Å². The van der Waals surface area contributed by atoms with Gasteiger partial charge in [-0.25, -0.2) is 12.8 Å². The van der Waals surface area contributed by atoms with E-state index in [9.17, 15) is 12.8 Å². The van der Waals surface area contributed by atoms with E-state index in [1.165, 1.54) is 12.1 Å². The van der Waals surface area contributed by atoms with Gasteiger partial charge in [-0.15, -0.1) is 0 Å². The fourth-order valence-electron chi connectivity index (χ4n) is 1.47. The zero-order chi connectivity index (χ0) is 11.5. The van der Waals surface area contributed by atoms with E-state index >= 15 is 0 Å². The van der Waals surface area contributed by atoms with Gasteiger partial charge >= 0.3 is 0 Å². The second-order valence-corrected chi connectivity index (χ2v) is 6.47. The molecule has 0 amide bonds. The molecule has 15 heavy (non-hydrogen) atoms. The Morgan fingerprint density at radius 2 is 2.13 bits per heavy atom. The minimum atomic E-state index is -3.48. The molecule has 1 rings (SSSR count). The fraction of sp³-hybridized carbons (Fsp3) is 0.400. The molecule has 0 aliphatic carbocycles. The van der Waals surface area contributed by atoms with Crippen LogP contribution in [0.5, 0.6) is 0 Å². The van der Waals surface area contributed by atoms with E-state index in [1.54, 1.807) is 19.1 Å². The third-order valence-electron chi connectivity index (χ3n) is 1.96. The largest absolute Gasteiger partial charge is 0.232 e. The maximum absolute atomic E-state index is 12.8. The van der Waals surface area contributed by atoms with Crippen molar-refractivity contribution in [3.63, 3.8) is 0 Å². The molecule has 0 fully saturated rings. The standard InChI is InChI=1S/C10H12ClFO2S/c1-8(7-15(11,13)14)5-9-3-2-4-10(12)6-9/h2-4,6,8H,5,7H2,1H3. The van der Waals surface area contributed by atoms with Gasteiger partial charge in [0.25, 0.3) is 0 Å². The molecule has 5 heteroatoms. The van der Waals surface area contributed by atoms with E-state index in [2.05, 4.69) is 0 Å². The molecular weight excluding hydrogens is 239 g/mol. The van der Waals surface area contributed by atoms with Gasteiger partial charge in [0.15, 0.2) is 0 Å². The summed E-state index contributed by atoms with van der Waals surface area (Å²) in [7, 11) is 1.65. The Balaban J connectivity index is 2.63. The van der Waals surface area contributed by atoms with Crippen molar-refractivity contribution in [1.82, 2.24) is 0 Å². The minimum Gasteiger partial charge on any atom is -0.212 e. The van der Waals surface area contributed by atoms with Gasteiger partial charge < -0.3 is 0 Å². The van der Waals surface area contributed by atoms with Crippen LogP contribution in [-0.2, 0) is 15.5 Å². The number of benzene rings is 1. The Labute approximate surface area is 93.5 Å². The number of rotatable bonds is 4. The molecule has 1 aromatic rings. The Bertz CT molecular complexity index is 431. The van der Waals surface area contributed by atoms with Crippen LogP contribution < -0.4 is 0 Å². The average Bonchev–Trinajstić information content (AvgIpc) is 1.99. The second kappa shape index (κ2) is 4.94. The molecule has 0 aromatic heterocycles. The predicted octanol–water partition coefficient (Wildman–Crippen LogP) is 2.57. The zero-order valence-electron chi connectivity index (χ0n) is 8.28. The molecular formula is C10H12ClFO2S. The monoisotopic (exact) mass is 250 g/mol. The highest BCUT2D eigenvalue weighted by Crippen LogP contribution is 2.13. The van der Waals surface area contributed by atoms with Gasteiger partial charge in [-0.1, -0.05) is 19.1 Å². The number of hydrogen-bond donors (Lipinski definition) is 0. The van der Waals surface area contributed by atoms with Crippen LogP contribution in [0.15, 0.2) is 24.3 Å². The van der Waals surface area contributed by atoms with Crippen molar-refractivity contribution < 1.29 is 12.8 Å². The molecule has 2 nitrogen and oxygen atoms in total. The van der Waals surface area contributed by atoms with Crippen molar-refractivity contribution in [3.05, 3.63) is 35.6 Å². The lowest BCUT2D eigenvalue weighted by molar-refractivity contribution is 0.580. The normalized spacial score (nSPS) is 13.8. The third-order valence-corrected chi connectivity index (χ3v) is 3.30. The topological polar surface area (TPSA) is 34.1 Å². The highest BCUT2D eigenvalue weighted by atomic mass is 35.7. The second-order valence-electron chi connectivity index (χ2n) is 3.64. The molecule has 0 bridgehead atoms. The van der Waals surface area contributed by atoms with Crippen molar-refractivity contribution in [2.75, 3.05) is 5.75 Å². The first-order valence-corrected chi connectivity index (χ1v) is 7.01. The van der Waals surface area contributed by atoms with Crippen LogP contribution in [0.2, 0.25) is 0 Å². The fourth-order valence-corrected chi connectivity index (χ4v) is 2.91. The molecule has 0 heterocycles. The highest BCUT2D eigenvalue weighted by molar-refractivity contribution is 8.13. The molecule has 0 saturated heterocycles. The van der Waals surface area contributed by atoms with E-state index in [1.807, 2.05) is 0 Å². The summed E-state index contributed by atoms with van der Waals surface area (Å²) >= 11 is 0.